The van der Waals surface area contributed by atoms with Crippen LogP contribution in [-0.2, 0) is 4.89 Å². The highest BCUT2D eigenvalue weighted by molar-refractivity contribution is 5.13. The summed E-state index contributed by atoms with van der Waals surface area (Å²) in [5, 5.41) is 7.99. The number of allylic oxidation sites excluding steroid dienone is 4. The molecule has 0 aliphatic heterocycles. The van der Waals surface area contributed by atoms with Crippen LogP contribution in [0.4, 0.5) is 0 Å². The summed E-state index contributed by atoms with van der Waals surface area (Å²) >= 11 is 0. The van der Waals surface area contributed by atoms with Gasteiger partial charge in [-0.1, -0.05) is 23.8 Å². The van der Waals surface area contributed by atoms with Crippen molar-refractivity contribution in [3.63, 3.8) is 0 Å². The molecule has 0 saturated heterocycles. The Morgan fingerprint density at radius 1 is 1.50 bits per heavy atom. The Labute approximate surface area is 73.8 Å². The van der Waals surface area contributed by atoms with Gasteiger partial charge in [-0.15, -0.1) is 0 Å². The molecule has 1 N–H and O–H groups in total. The van der Waals surface area contributed by atoms with Gasteiger partial charge in [0.2, 0.25) is 0 Å². The summed E-state index contributed by atoms with van der Waals surface area (Å²) in [6.07, 6.45) is 6.89. The zero-order valence-corrected chi connectivity index (χ0v) is 7.71. The summed E-state index contributed by atoms with van der Waals surface area (Å²) in [5.41, 5.74) is 2.26. The Kier molecular flexibility index (Phi) is 6.11. The van der Waals surface area contributed by atoms with Crippen LogP contribution in [0.2, 0.25) is 0 Å². The van der Waals surface area contributed by atoms with Gasteiger partial charge < -0.3 is 4.89 Å². The predicted octanol–water partition coefficient (Wildman–Crippen LogP) is 3.29. The van der Waals surface area contributed by atoms with Crippen molar-refractivity contribution in [2.75, 3.05) is 0 Å². The molecule has 0 saturated carbocycles. The van der Waals surface area contributed by atoms with E-state index in [9.17, 15) is 0 Å². The topological polar surface area (TPSA) is 29.5 Å². The summed E-state index contributed by atoms with van der Waals surface area (Å²) in [6, 6.07) is 0. The standard InChI is InChI=1S/C10H16O2/c1-9(2)5-4-6-10(3)7-8-12-11/h5,7-8,11H,3-4,6H2,1-2H3/b8-7+. The summed E-state index contributed by atoms with van der Waals surface area (Å²) in [7, 11) is 0. The highest BCUT2D eigenvalue weighted by atomic mass is 17.1. The molecule has 0 fully saturated rings. The molecule has 68 valence electrons. The lowest BCUT2D eigenvalue weighted by Crippen LogP contribution is -1.77. The summed E-state index contributed by atoms with van der Waals surface area (Å²) in [6.45, 7) is 7.91. The average Bonchev–Trinajstić information content (AvgIpc) is 2.00. The summed E-state index contributed by atoms with van der Waals surface area (Å²) in [4.78, 5) is 3.78. The van der Waals surface area contributed by atoms with Crippen LogP contribution in [0.5, 0.6) is 0 Å². The first kappa shape index (κ1) is 11.0. The number of hydrogen-bond donors (Lipinski definition) is 1. The molecule has 2 heteroatoms. The van der Waals surface area contributed by atoms with Gasteiger partial charge in [-0.25, -0.2) is 5.26 Å². The molecule has 0 rings (SSSR count). The van der Waals surface area contributed by atoms with Crippen LogP contribution in [0, 0.1) is 0 Å². The summed E-state index contributed by atoms with van der Waals surface area (Å²) in [5.74, 6) is 0. The molecule has 0 amide bonds. The molecule has 0 spiro atoms. The third-order valence-electron chi connectivity index (χ3n) is 1.38. The molecule has 0 bridgehead atoms. The van der Waals surface area contributed by atoms with Gasteiger partial charge in [0, 0.05) is 0 Å². The van der Waals surface area contributed by atoms with Crippen molar-refractivity contribution < 1.29 is 10.1 Å². The Morgan fingerprint density at radius 2 is 2.17 bits per heavy atom. The third kappa shape index (κ3) is 7.09. The van der Waals surface area contributed by atoms with Crippen LogP contribution in [-0.4, -0.2) is 5.26 Å². The molecule has 0 aromatic heterocycles. The first-order valence-corrected chi connectivity index (χ1v) is 3.94. The van der Waals surface area contributed by atoms with Crippen molar-refractivity contribution >= 4 is 0 Å². The zero-order chi connectivity index (χ0) is 9.40. The molecule has 0 radical (unpaired) electrons. The van der Waals surface area contributed by atoms with E-state index in [0.29, 0.717) is 0 Å². The normalized spacial score (nSPS) is 9.92. The van der Waals surface area contributed by atoms with Crippen molar-refractivity contribution in [2.24, 2.45) is 0 Å². The van der Waals surface area contributed by atoms with E-state index in [2.05, 4.69) is 31.4 Å². The van der Waals surface area contributed by atoms with Crippen LogP contribution >= 0.6 is 0 Å². The lowest BCUT2D eigenvalue weighted by atomic mass is 10.1. The van der Waals surface area contributed by atoms with E-state index >= 15 is 0 Å². The van der Waals surface area contributed by atoms with E-state index in [-0.39, 0.29) is 0 Å². The fraction of sp³-hybridized carbons (Fsp3) is 0.400. The van der Waals surface area contributed by atoms with E-state index in [0.717, 1.165) is 18.4 Å². The predicted molar refractivity (Wildman–Crippen MR) is 50.7 cm³/mol. The first-order valence-electron chi connectivity index (χ1n) is 3.94. The van der Waals surface area contributed by atoms with Crippen molar-refractivity contribution in [1.29, 1.82) is 0 Å². The van der Waals surface area contributed by atoms with Crippen molar-refractivity contribution in [1.82, 2.24) is 0 Å². The van der Waals surface area contributed by atoms with Crippen LogP contribution in [0.15, 0.2) is 36.1 Å². The second-order valence-electron chi connectivity index (χ2n) is 2.89. The van der Waals surface area contributed by atoms with Gasteiger partial charge in [-0.2, -0.15) is 0 Å². The molecule has 0 aromatic rings. The van der Waals surface area contributed by atoms with Crippen LogP contribution in [0.3, 0.4) is 0 Å². The minimum absolute atomic E-state index is 0.894. The van der Waals surface area contributed by atoms with Crippen LogP contribution < -0.4 is 0 Å². The second-order valence-corrected chi connectivity index (χ2v) is 2.89. The summed E-state index contributed by atoms with van der Waals surface area (Å²) < 4.78 is 0. The Balaban J connectivity index is 3.58. The molecule has 12 heavy (non-hydrogen) atoms. The highest BCUT2D eigenvalue weighted by Crippen LogP contribution is 2.06. The van der Waals surface area contributed by atoms with E-state index in [4.69, 9.17) is 5.26 Å². The molecule has 0 heterocycles. The largest absolute Gasteiger partial charge is 0.348 e. The van der Waals surface area contributed by atoms with Crippen LogP contribution in [0.25, 0.3) is 0 Å². The highest BCUT2D eigenvalue weighted by Gasteiger charge is 1.87. The van der Waals surface area contributed by atoms with E-state index < -0.39 is 0 Å². The fourth-order valence-corrected chi connectivity index (χ4v) is 0.756. The molecule has 2 nitrogen and oxygen atoms in total. The maximum absolute atomic E-state index is 7.99. The molecule has 0 aromatic carbocycles. The fourth-order valence-electron chi connectivity index (χ4n) is 0.756. The quantitative estimate of drug-likeness (QED) is 0.224. The van der Waals surface area contributed by atoms with Gasteiger partial charge in [0.05, 0.1) is 0 Å². The van der Waals surface area contributed by atoms with Gasteiger partial charge in [0.1, 0.15) is 6.26 Å². The molecular weight excluding hydrogens is 152 g/mol. The number of rotatable bonds is 5. The smallest absolute Gasteiger partial charge is 0.129 e. The minimum Gasteiger partial charge on any atom is -0.348 e. The van der Waals surface area contributed by atoms with Crippen molar-refractivity contribution in [3.05, 3.63) is 36.1 Å². The third-order valence-corrected chi connectivity index (χ3v) is 1.38. The zero-order valence-electron chi connectivity index (χ0n) is 7.71. The van der Waals surface area contributed by atoms with Gasteiger partial charge in [-0.3, -0.25) is 0 Å². The van der Waals surface area contributed by atoms with Crippen molar-refractivity contribution in [2.45, 2.75) is 26.7 Å². The monoisotopic (exact) mass is 168 g/mol. The lowest BCUT2D eigenvalue weighted by molar-refractivity contribution is -0.186. The second kappa shape index (κ2) is 6.68. The van der Waals surface area contributed by atoms with E-state index in [1.807, 2.05) is 0 Å². The first-order chi connectivity index (χ1) is 5.66. The average molecular weight is 168 g/mol. The lowest BCUT2D eigenvalue weighted by Gasteiger charge is -1.95. The van der Waals surface area contributed by atoms with Gasteiger partial charge >= 0.3 is 0 Å². The van der Waals surface area contributed by atoms with E-state index in [1.165, 1.54) is 11.8 Å². The minimum atomic E-state index is 0.894. The van der Waals surface area contributed by atoms with Gasteiger partial charge in [0.15, 0.2) is 0 Å². The van der Waals surface area contributed by atoms with Gasteiger partial charge in [0.25, 0.3) is 0 Å². The maximum Gasteiger partial charge on any atom is 0.129 e. The number of hydrogen-bond acceptors (Lipinski definition) is 2. The molecule has 0 unspecified atom stereocenters. The van der Waals surface area contributed by atoms with Crippen LogP contribution in [0.1, 0.15) is 26.7 Å². The Morgan fingerprint density at radius 3 is 2.67 bits per heavy atom. The maximum atomic E-state index is 7.99. The molecule has 0 aliphatic carbocycles. The SMILES string of the molecule is C=C(/C=C/OO)CCC=C(C)C. The molecule has 0 aliphatic rings. The Bertz CT molecular complexity index is 186. The van der Waals surface area contributed by atoms with Gasteiger partial charge in [-0.05, 0) is 32.8 Å². The molecular formula is C10H16O2. The molecule has 0 atom stereocenters. The van der Waals surface area contributed by atoms with Crippen molar-refractivity contribution in [3.8, 4) is 0 Å². The van der Waals surface area contributed by atoms with E-state index in [1.54, 1.807) is 6.08 Å². The Hall–Kier alpha value is -1.02.